The number of ether oxygens (including phenoxy) is 2. The Bertz CT molecular complexity index is 1010. The van der Waals surface area contributed by atoms with Crippen LogP contribution in [-0.2, 0) is 13.0 Å². The van der Waals surface area contributed by atoms with E-state index in [-0.39, 0.29) is 11.4 Å². The minimum atomic E-state index is -1.03. The summed E-state index contributed by atoms with van der Waals surface area (Å²) in [4.78, 5) is 11.7. The number of hydrogen-bond donors (Lipinski definition) is 1. The molecule has 0 radical (unpaired) electrons. The third-order valence-corrected chi connectivity index (χ3v) is 5.37. The molecule has 2 aromatic heterocycles. The molecular formula is C19H16FNO4S. The first kappa shape index (κ1) is 16.7. The largest absolute Gasteiger partial charge is 0.493 e. The predicted molar refractivity (Wildman–Crippen MR) is 96.9 cm³/mol. The molecule has 5 nitrogen and oxygen atoms in total. The normalized spacial score (nSPS) is 12.4. The maximum Gasteiger partial charge on any atom is 0.352 e. The van der Waals surface area contributed by atoms with Crippen LogP contribution in [0.25, 0.3) is 22.4 Å². The molecule has 0 bridgehead atoms. The fourth-order valence-corrected chi connectivity index (χ4v) is 4.21. The summed E-state index contributed by atoms with van der Waals surface area (Å²) < 4.78 is 27.5. The third-order valence-electron chi connectivity index (χ3n) is 4.68. The Morgan fingerprint density at radius 3 is 2.73 bits per heavy atom. The number of rotatable bonds is 4. The van der Waals surface area contributed by atoms with Crippen LogP contribution in [0.5, 0.6) is 11.5 Å². The zero-order chi connectivity index (χ0) is 18.4. The molecule has 0 fully saturated rings. The highest BCUT2D eigenvalue weighted by molar-refractivity contribution is 7.08. The molecule has 0 amide bonds. The number of methoxy groups -OCH3 is 2. The van der Waals surface area contributed by atoms with Gasteiger partial charge in [-0.1, -0.05) is 0 Å². The second kappa shape index (κ2) is 6.17. The number of fused-ring (bicyclic) bond motifs is 3. The number of thiophene rings is 1. The van der Waals surface area contributed by atoms with Gasteiger partial charge >= 0.3 is 5.97 Å². The Kier molecular flexibility index (Phi) is 3.96. The Labute approximate surface area is 153 Å². The van der Waals surface area contributed by atoms with Gasteiger partial charge in [0.1, 0.15) is 5.69 Å². The van der Waals surface area contributed by atoms with Crippen molar-refractivity contribution < 1.29 is 23.8 Å². The standard InChI is InChI=1S/C19H16FNO4S/c1-24-14-7-10-3-5-21-13(19(22)23)8-12(11-4-6-26-9-11)17(21)15(10)16(20)18(14)25-2/h4,6-9H,3,5H2,1-2H3,(H,22,23). The molecule has 0 saturated heterocycles. The van der Waals surface area contributed by atoms with Crippen molar-refractivity contribution in [2.75, 3.05) is 14.2 Å². The van der Waals surface area contributed by atoms with Crippen molar-refractivity contribution in [3.05, 3.63) is 46.0 Å². The number of nitrogens with zero attached hydrogens (tertiary/aromatic N) is 1. The van der Waals surface area contributed by atoms with E-state index >= 15 is 4.39 Å². The predicted octanol–water partition coefficient (Wildman–Crippen LogP) is 4.29. The highest BCUT2D eigenvalue weighted by Gasteiger charge is 2.31. The van der Waals surface area contributed by atoms with Crippen molar-refractivity contribution in [2.24, 2.45) is 0 Å². The number of aryl methyl sites for hydroxylation is 1. The summed E-state index contributed by atoms with van der Waals surface area (Å²) >= 11 is 1.51. The topological polar surface area (TPSA) is 60.7 Å². The molecule has 1 aromatic carbocycles. The van der Waals surface area contributed by atoms with Crippen LogP contribution in [0, 0.1) is 5.82 Å². The van der Waals surface area contributed by atoms with E-state index in [4.69, 9.17) is 9.47 Å². The van der Waals surface area contributed by atoms with Gasteiger partial charge in [-0.2, -0.15) is 11.3 Å². The highest BCUT2D eigenvalue weighted by Crippen LogP contribution is 2.46. The van der Waals surface area contributed by atoms with Crippen LogP contribution in [0.15, 0.2) is 29.0 Å². The second-order valence-corrected chi connectivity index (χ2v) is 6.75. The van der Waals surface area contributed by atoms with E-state index in [0.717, 1.165) is 11.1 Å². The van der Waals surface area contributed by atoms with Crippen LogP contribution >= 0.6 is 11.3 Å². The summed E-state index contributed by atoms with van der Waals surface area (Å²) in [5, 5.41) is 13.4. The minimum Gasteiger partial charge on any atom is -0.493 e. The van der Waals surface area contributed by atoms with Gasteiger partial charge in [0, 0.05) is 17.7 Å². The molecule has 7 heteroatoms. The summed E-state index contributed by atoms with van der Waals surface area (Å²) in [6, 6.07) is 5.29. The summed E-state index contributed by atoms with van der Waals surface area (Å²) in [6.45, 7) is 0.461. The van der Waals surface area contributed by atoms with E-state index in [2.05, 4.69) is 0 Å². The zero-order valence-corrected chi connectivity index (χ0v) is 15.0. The number of carboxylic acids is 1. The van der Waals surface area contributed by atoms with E-state index in [9.17, 15) is 9.90 Å². The van der Waals surface area contributed by atoms with Crippen molar-refractivity contribution in [1.29, 1.82) is 0 Å². The molecule has 26 heavy (non-hydrogen) atoms. The lowest BCUT2D eigenvalue weighted by Crippen LogP contribution is -2.17. The van der Waals surface area contributed by atoms with Gasteiger partial charge in [-0.3, -0.25) is 0 Å². The summed E-state index contributed by atoms with van der Waals surface area (Å²) in [6.07, 6.45) is 0.512. The molecule has 1 aliphatic rings. The number of aromatic nitrogens is 1. The molecule has 0 aliphatic carbocycles. The monoisotopic (exact) mass is 373 g/mol. The van der Waals surface area contributed by atoms with Gasteiger partial charge in [0.05, 0.1) is 19.9 Å². The third kappa shape index (κ3) is 2.31. The molecule has 134 valence electrons. The number of benzene rings is 1. The molecule has 0 spiro atoms. The SMILES string of the molecule is COc1cc2c(c(F)c1OC)-c1c(-c3ccsc3)cc(C(=O)O)n1CC2. The molecule has 0 saturated carbocycles. The fraction of sp³-hybridized carbons (Fsp3) is 0.211. The quantitative estimate of drug-likeness (QED) is 0.741. The smallest absolute Gasteiger partial charge is 0.352 e. The molecular weight excluding hydrogens is 357 g/mol. The Morgan fingerprint density at radius 1 is 1.31 bits per heavy atom. The molecule has 3 aromatic rings. The number of hydrogen-bond acceptors (Lipinski definition) is 4. The minimum absolute atomic E-state index is 0.0223. The van der Waals surface area contributed by atoms with E-state index in [0.29, 0.717) is 35.5 Å². The second-order valence-electron chi connectivity index (χ2n) is 5.97. The summed E-state index contributed by atoms with van der Waals surface area (Å²) in [7, 11) is 2.85. The number of aromatic carboxylic acids is 1. The summed E-state index contributed by atoms with van der Waals surface area (Å²) in [5.74, 6) is -1.21. The van der Waals surface area contributed by atoms with Crippen LogP contribution in [0.4, 0.5) is 4.39 Å². The average molecular weight is 373 g/mol. The van der Waals surface area contributed by atoms with Gasteiger partial charge in [-0.05, 0) is 46.5 Å². The van der Waals surface area contributed by atoms with Crippen LogP contribution in [-0.4, -0.2) is 29.9 Å². The maximum absolute atomic E-state index is 15.3. The Morgan fingerprint density at radius 2 is 2.12 bits per heavy atom. The number of halogens is 1. The molecule has 3 heterocycles. The van der Waals surface area contributed by atoms with Crippen LogP contribution in [0.3, 0.4) is 0 Å². The van der Waals surface area contributed by atoms with Gasteiger partial charge in [-0.25, -0.2) is 9.18 Å². The van der Waals surface area contributed by atoms with Gasteiger partial charge in [-0.15, -0.1) is 0 Å². The van der Waals surface area contributed by atoms with E-state index in [1.165, 1.54) is 25.6 Å². The van der Waals surface area contributed by atoms with Gasteiger partial charge < -0.3 is 19.1 Å². The van der Waals surface area contributed by atoms with Gasteiger partial charge in [0.2, 0.25) is 0 Å². The van der Waals surface area contributed by atoms with Crippen LogP contribution < -0.4 is 9.47 Å². The van der Waals surface area contributed by atoms with Crippen LogP contribution in [0.1, 0.15) is 16.1 Å². The van der Waals surface area contributed by atoms with E-state index in [1.807, 2.05) is 16.8 Å². The maximum atomic E-state index is 15.3. The highest BCUT2D eigenvalue weighted by atomic mass is 32.1. The lowest BCUT2D eigenvalue weighted by Gasteiger charge is -2.24. The van der Waals surface area contributed by atoms with E-state index < -0.39 is 11.8 Å². The molecule has 1 aliphatic heterocycles. The first-order valence-electron chi connectivity index (χ1n) is 8.00. The first-order chi connectivity index (χ1) is 12.6. The Balaban J connectivity index is 2.07. The van der Waals surface area contributed by atoms with Crippen molar-refractivity contribution in [3.63, 3.8) is 0 Å². The molecule has 1 N–H and O–H groups in total. The van der Waals surface area contributed by atoms with Gasteiger partial charge in [0.15, 0.2) is 17.3 Å². The molecule has 4 rings (SSSR count). The molecule has 0 unspecified atom stereocenters. The van der Waals surface area contributed by atoms with Crippen molar-refractivity contribution in [3.8, 4) is 33.9 Å². The first-order valence-corrected chi connectivity index (χ1v) is 8.94. The van der Waals surface area contributed by atoms with E-state index in [1.54, 1.807) is 16.7 Å². The number of carboxylic acid groups (broad SMARTS) is 1. The van der Waals surface area contributed by atoms with Crippen molar-refractivity contribution in [1.82, 2.24) is 4.57 Å². The summed E-state index contributed by atoms with van der Waals surface area (Å²) in [5.41, 5.74) is 3.45. The average Bonchev–Trinajstić information content (AvgIpc) is 3.28. The van der Waals surface area contributed by atoms with Crippen molar-refractivity contribution in [2.45, 2.75) is 13.0 Å². The van der Waals surface area contributed by atoms with Crippen molar-refractivity contribution >= 4 is 17.3 Å². The zero-order valence-electron chi connectivity index (χ0n) is 14.2. The Hall–Kier alpha value is -2.80. The van der Waals surface area contributed by atoms with Gasteiger partial charge in [0.25, 0.3) is 0 Å². The number of carbonyl (C=O) groups is 1. The lowest BCUT2D eigenvalue weighted by molar-refractivity contribution is 0.0685. The fourth-order valence-electron chi connectivity index (χ4n) is 3.55. The van der Waals surface area contributed by atoms with Crippen LogP contribution in [0.2, 0.25) is 0 Å². The lowest BCUT2D eigenvalue weighted by atomic mass is 9.93. The molecule has 0 atom stereocenters.